The zero-order valence-corrected chi connectivity index (χ0v) is 12.2. The summed E-state index contributed by atoms with van der Waals surface area (Å²) in [7, 11) is 0. The van der Waals surface area contributed by atoms with Gasteiger partial charge in [-0.25, -0.2) is 4.39 Å². The third kappa shape index (κ3) is 2.93. The van der Waals surface area contributed by atoms with Crippen molar-refractivity contribution in [1.29, 1.82) is 0 Å². The Kier molecular flexibility index (Phi) is 4.28. The molecule has 0 aliphatic carbocycles. The summed E-state index contributed by atoms with van der Waals surface area (Å²) in [6.45, 7) is 7.64. The number of carbonyl (C=O) groups excluding carboxylic acids is 1. The molecule has 20 heavy (non-hydrogen) atoms. The van der Waals surface area contributed by atoms with Crippen molar-refractivity contribution in [3.8, 4) is 0 Å². The summed E-state index contributed by atoms with van der Waals surface area (Å²) in [5.41, 5.74) is 2.03. The number of aliphatic hydroxyl groups is 1. The highest BCUT2D eigenvalue weighted by Gasteiger charge is 2.22. The maximum Gasteiger partial charge on any atom is 0.219 e. The minimum absolute atomic E-state index is 0.0793. The predicted molar refractivity (Wildman–Crippen MR) is 76.2 cm³/mol. The van der Waals surface area contributed by atoms with E-state index in [4.69, 9.17) is 0 Å². The molecule has 4 nitrogen and oxygen atoms in total. The summed E-state index contributed by atoms with van der Waals surface area (Å²) in [5.74, 6) is -0.220. The maximum atomic E-state index is 13.7. The first-order valence-corrected chi connectivity index (χ1v) is 6.88. The van der Waals surface area contributed by atoms with Crippen LogP contribution >= 0.6 is 0 Å². The highest BCUT2D eigenvalue weighted by atomic mass is 19.1. The molecule has 0 bridgehead atoms. The van der Waals surface area contributed by atoms with Crippen LogP contribution in [0, 0.1) is 12.7 Å². The zero-order valence-electron chi connectivity index (χ0n) is 12.2. The van der Waals surface area contributed by atoms with E-state index in [0.717, 1.165) is 5.69 Å². The van der Waals surface area contributed by atoms with Crippen molar-refractivity contribution in [1.82, 2.24) is 4.90 Å². The zero-order chi connectivity index (χ0) is 14.9. The van der Waals surface area contributed by atoms with Gasteiger partial charge in [-0.2, -0.15) is 0 Å². The molecular formula is C15H21FN2O2. The summed E-state index contributed by atoms with van der Waals surface area (Å²) in [6.07, 6.45) is -0.717. The first-order chi connectivity index (χ1) is 9.40. The molecule has 1 aliphatic rings. The minimum Gasteiger partial charge on any atom is -0.389 e. The number of halogens is 1. The van der Waals surface area contributed by atoms with E-state index in [9.17, 15) is 14.3 Å². The molecule has 2 rings (SSSR count). The van der Waals surface area contributed by atoms with E-state index >= 15 is 0 Å². The van der Waals surface area contributed by atoms with E-state index in [1.165, 1.54) is 6.07 Å². The van der Waals surface area contributed by atoms with Gasteiger partial charge in [0.15, 0.2) is 0 Å². The fourth-order valence-corrected chi connectivity index (χ4v) is 2.55. The molecule has 0 spiro atoms. The first kappa shape index (κ1) is 14.8. The van der Waals surface area contributed by atoms with Crippen molar-refractivity contribution < 1.29 is 14.3 Å². The smallest absolute Gasteiger partial charge is 0.219 e. The number of carbonyl (C=O) groups is 1. The van der Waals surface area contributed by atoms with Gasteiger partial charge in [0.2, 0.25) is 5.91 Å². The molecular weight excluding hydrogens is 259 g/mol. The summed E-state index contributed by atoms with van der Waals surface area (Å²) in [6, 6.07) is 3.19. The molecule has 1 fully saturated rings. The number of hydrogen-bond donors (Lipinski definition) is 1. The minimum atomic E-state index is -0.717. The second-order valence-corrected chi connectivity index (χ2v) is 5.33. The van der Waals surface area contributed by atoms with Crippen LogP contribution < -0.4 is 4.90 Å². The summed E-state index contributed by atoms with van der Waals surface area (Å²) in [4.78, 5) is 15.2. The van der Waals surface area contributed by atoms with Crippen LogP contribution in [0.1, 0.15) is 31.1 Å². The molecule has 5 heteroatoms. The molecule has 1 aliphatic heterocycles. The Morgan fingerprint density at radius 2 is 1.90 bits per heavy atom. The normalized spacial score (nSPS) is 17.2. The van der Waals surface area contributed by atoms with Crippen LogP contribution in [0.4, 0.5) is 10.1 Å². The van der Waals surface area contributed by atoms with Gasteiger partial charge in [0.25, 0.3) is 0 Å². The van der Waals surface area contributed by atoms with E-state index in [1.807, 2.05) is 0 Å². The van der Waals surface area contributed by atoms with Crippen LogP contribution in [-0.2, 0) is 4.79 Å². The van der Waals surface area contributed by atoms with Crippen LogP contribution in [-0.4, -0.2) is 42.1 Å². The van der Waals surface area contributed by atoms with E-state index in [2.05, 4.69) is 4.90 Å². The molecule has 0 radical (unpaired) electrons. The monoisotopic (exact) mass is 280 g/mol. The van der Waals surface area contributed by atoms with E-state index < -0.39 is 6.10 Å². The number of piperazine rings is 1. The fourth-order valence-electron chi connectivity index (χ4n) is 2.55. The highest BCUT2D eigenvalue weighted by molar-refractivity contribution is 5.73. The molecule has 1 N–H and O–H groups in total. The van der Waals surface area contributed by atoms with E-state index in [0.29, 0.717) is 37.3 Å². The molecule has 110 valence electrons. The molecule has 0 aromatic heterocycles. The number of rotatable bonds is 2. The van der Waals surface area contributed by atoms with Gasteiger partial charge in [0.05, 0.1) is 6.10 Å². The second kappa shape index (κ2) is 5.79. The average Bonchev–Trinajstić information content (AvgIpc) is 2.41. The Labute approximate surface area is 118 Å². The van der Waals surface area contributed by atoms with Gasteiger partial charge in [-0.3, -0.25) is 4.79 Å². The van der Waals surface area contributed by atoms with Crippen LogP contribution in [0.5, 0.6) is 0 Å². The number of nitrogens with zero attached hydrogens (tertiary/aromatic N) is 2. The van der Waals surface area contributed by atoms with Crippen molar-refractivity contribution in [2.45, 2.75) is 26.9 Å². The quantitative estimate of drug-likeness (QED) is 0.899. The standard InChI is InChI=1S/C15H21FN2O2/c1-10-8-15(13(11(2)19)9-14(10)16)18-6-4-17(5-7-18)12(3)20/h8-9,11,19H,4-7H2,1-3H3/t11-/m0/s1. The van der Waals surface area contributed by atoms with E-state index in [-0.39, 0.29) is 11.7 Å². The number of aryl methyl sites for hydroxylation is 1. The predicted octanol–water partition coefficient (Wildman–Crippen LogP) is 1.86. The second-order valence-electron chi connectivity index (χ2n) is 5.33. The Hall–Kier alpha value is -1.62. The Morgan fingerprint density at radius 1 is 1.30 bits per heavy atom. The lowest BCUT2D eigenvalue weighted by Gasteiger charge is -2.37. The van der Waals surface area contributed by atoms with Crippen LogP contribution in [0.2, 0.25) is 0 Å². The number of benzene rings is 1. The number of anilines is 1. The molecule has 1 heterocycles. The van der Waals surface area contributed by atoms with Crippen LogP contribution in [0.25, 0.3) is 0 Å². The lowest BCUT2D eigenvalue weighted by Crippen LogP contribution is -2.48. The Morgan fingerprint density at radius 3 is 2.40 bits per heavy atom. The summed E-state index contributed by atoms with van der Waals surface area (Å²) in [5, 5.41) is 9.83. The molecule has 1 atom stereocenters. The van der Waals surface area contributed by atoms with Gasteiger partial charge in [-0.15, -0.1) is 0 Å². The van der Waals surface area contributed by atoms with Crippen LogP contribution in [0.15, 0.2) is 12.1 Å². The highest BCUT2D eigenvalue weighted by Crippen LogP contribution is 2.30. The van der Waals surface area contributed by atoms with Gasteiger partial charge in [-0.1, -0.05) is 0 Å². The number of amides is 1. The van der Waals surface area contributed by atoms with Crippen LogP contribution in [0.3, 0.4) is 0 Å². The van der Waals surface area contributed by atoms with Crippen molar-refractivity contribution in [2.24, 2.45) is 0 Å². The Bertz CT molecular complexity index is 509. The van der Waals surface area contributed by atoms with Crippen molar-refractivity contribution in [2.75, 3.05) is 31.1 Å². The van der Waals surface area contributed by atoms with Gasteiger partial charge < -0.3 is 14.9 Å². The lowest BCUT2D eigenvalue weighted by atomic mass is 10.0. The van der Waals surface area contributed by atoms with Crippen molar-refractivity contribution in [3.63, 3.8) is 0 Å². The fraction of sp³-hybridized carbons (Fsp3) is 0.533. The number of aliphatic hydroxyl groups excluding tert-OH is 1. The topological polar surface area (TPSA) is 43.8 Å². The molecule has 1 aromatic rings. The molecule has 1 saturated heterocycles. The average molecular weight is 280 g/mol. The summed E-state index contributed by atoms with van der Waals surface area (Å²) >= 11 is 0. The SMILES string of the molecule is CC(=O)N1CCN(c2cc(C)c(F)cc2[C@H](C)O)CC1. The third-order valence-electron chi connectivity index (χ3n) is 3.82. The summed E-state index contributed by atoms with van der Waals surface area (Å²) < 4.78 is 13.7. The molecule has 0 saturated carbocycles. The largest absolute Gasteiger partial charge is 0.389 e. The number of hydrogen-bond acceptors (Lipinski definition) is 3. The lowest BCUT2D eigenvalue weighted by molar-refractivity contribution is -0.129. The van der Waals surface area contributed by atoms with E-state index in [1.54, 1.807) is 31.7 Å². The third-order valence-corrected chi connectivity index (χ3v) is 3.82. The van der Waals surface area contributed by atoms with Gasteiger partial charge in [0, 0.05) is 44.4 Å². The molecule has 0 unspecified atom stereocenters. The van der Waals surface area contributed by atoms with Crippen molar-refractivity contribution in [3.05, 3.63) is 29.1 Å². The van der Waals surface area contributed by atoms with Crippen molar-refractivity contribution >= 4 is 11.6 Å². The molecule has 1 amide bonds. The Balaban J connectivity index is 2.25. The maximum absolute atomic E-state index is 13.7. The van der Waals surface area contributed by atoms with Gasteiger partial charge in [-0.05, 0) is 31.5 Å². The molecule has 1 aromatic carbocycles. The van der Waals surface area contributed by atoms with Gasteiger partial charge in [0.1, 0.15) is 5.82 Å². The first-order valence-electron chi connectivity index (χ1n) is 6.88. The van der Waals surface area contributed by atoms with Gasteiger partial charge >= 0.3 is 0 Å².